The Balaban J connectivity index is 1.21. The number of methoxy groups -OCH3 is 2. The molecule has 4 aliphatic rings. The standard InChI is InChI=1S/C35H30ClN3O6S2/c1-44-23-13-8-17(14-24(23)45-2)26-27-21-15-22(29-28(21)32(41)39(33(29)42)20-11-9-18(36)10-12-20)30(27)46-34-31(26)47-35(43)38(34)16-25(40)37-19-6-4-3-5-7-19/h3-14,21-22,26-30H,15-16H2,1-2H3,(H,37,40). The number of para-hydroxylation sites is 1. The monoisotopic (exact) mass is 687 g/mol. The van der Waals surface area contributed by atoms with E-state index in [4.69, 9.17) is 21.1 Å². The number of thioether (sulfide) groups is 1. The second-order valence-corrected chi connectivity index (χ2v) is 15.0. The van der Waals surface area contributed by atoms with Gasteiger partial charge < -0.3 is 14.8 Å². The fourth-order valence-electron chi connectivity index (χ4n) is 8.38. The molecule has 240 valence electrons. The minimum absolute atomic E-state index is 0.0107. The Labute approximate surface area is 283 Å². The Morgan fingerprint density at radius 2 is 1.62 bits per heavy atom. The number of imide groups is 1. The first-order valence-corrected chi connectivity index (χ1v) is 17.5. The first kappa shape index (κ1) is 30.3. The molecule has 2 saturated carbocycles. The molecule has 0 radical (unpaired) electrons. The van der Waals surface area contributed by atoms with Crippen molar-refractivity contribution >= 4 is 63.8 Å². The van der Waals surface area contributed by atoms with Gasteiger partial charge in [-0.05, 0) is 78.3 Å². The molecule has 1 N–H and O–H groups in total. The number of anilines is 2. The molecule has 4 aromatic rings. The third-order valence-corrected chi connectivity index (χ3v) is 13.2. The van der Waals surface area contributed by atoms with Crippen LogP contribution >= 0.6 is 34.7 Å². The highest BCUT2D eigenvalue weighted by Gasteiger charge is 2.69. The number of rotatable bonds is 7. The minimum atomic E-state index is -0.440. The Bertz CT molecular complexity index is 1980. The third kappa shape index (κ3) is 4.73. The molecule has 7 atom stereocenters. The van der Waals surface area contributed by atoms with Crippen LogP contribution in [0.4, 0.5) is 11.4 Å². The van der Waals surface area contributed by atoms with Crippen molar-refractivity contribution in [3.05, 3.63) is 97.9 Å². The molecule has 9 nitrogen and oxygen atoms in total. The lowest BCUT2D eigenvalue weighted by Crippen LogP contribution is -2.43. The number of ether oxygens (including phenoxy) is 2. The summed E-state index contributed by atoms with van der Waals surface area (Å²) in [6, 6.07) is 21.7. The second-order valence-electron chi connectivity index (χ2n) is 12.4. The number of benzene rings is 3. The van der Waals surface area contributed by atoms with Crippen LogP contribution in [0.1, 0.15) is 22.8 Å². The number of aromatic nitrogens is 1. The maximum atomic E-state index is 14.1. The first-order valence-electron chi connectivity index (χ1n) is 15.4. The summed E-state index contributed by atoms with van der Waals surface area (Å²) in [7, 11) is 3.17. The Morgan fingerprint density at radius 3 is 2.32 bits per heavy atom. The van der Waals surface area contributed by atoms with E-state index in [0.29, 0.717) is 27.9 Å². The molecule has 2 aliphatic carbocycles. The molecule has 2 aliphatic heterocycles. The summed E-state index contributed by atoms with van der Waals surface area (Å²) in [4.78, 5) is 56.9. The van der Waals surface area contributed by atoms with Crippen molar-refractivity contribution in [3.8, 4) is 11.5 Å². The van der Waals surface area contributed by atoms with Crippen LogP contribution in [0.2, 0.25) is 5.02 Å². The van der Waals surface area contributed by atoms with Gasteiger partial charge in [0, 0.05) is 26.8 Å². The number of hydrogen-bond acceptors (Lipinski definition) is 8. The molecule has 7 unspecified atom stereocenters. The van der Waals surface area contributed by atoms with E-state index in [1.807, 2.05) is 36.4 Å². The van der Waals surface area contributed by atoms with Crippen molar-refractivity contribution in [3.63, 3.8) is 0 Å². The zero-order valence-corrected chi connectivity index (χ0v) is 27.8. The van der Waals surface area contributed by atoms with Gasteiger partial charge in [0.05, 0.1) is 36.8 Å². The summed E-state index contributed by atoms with van der Waals surface area (Å²) >= 11 is 8.86. The van der Waals surface area contributed by atoms with Gasteiger partial charge in [-0.1, -0.05) is 47.2 Å². The van der Waals surface area contributed by atoms with Gasteiger partial charge in [-0.15, -0.1) is 11.8 Å². The van der Waals surface area contributed by atoms with Crippen molar-refractivity contribution in [1.82, 2.24) is 4.57 Å². The van der Waals surface area contributed by atoms with E-state index < -0.39 is 11.8 Å². The van der Waals surface area contributed by atoms with E-state index in [9.17, 15) is 19.2 Å². The molecule has 1 saturated heterocycles. The maximum absolute atomic E-state index is 14.1. The molecule has 12 heteroatoms. The summed E-state index contributed by atoms with van der Waals surface area (Å²) in [5, 5.41) is 4.14. The summed E-state index contributed by atoms with van der Waals surface area (Å²) in [5.41, 5.74) is 2.12. The Morgan fingerprint density at radius 1 is 0.915 bits per heavy atom. The second kappa shape index (κ2) is 11.6. The largest absolute Gasteiger partial charge is 0.493 e. The zero-order chi connectivity index (χ0) is 32.6. The molecule has 1 aromatic heterocycles. The van der Waals surface area contributed by atoms with Gasteiger partial charge in [-0.3, -0.25) is 28.6 Å². The molecule has 8 rings (SSSR count). The molecule has 3 aromatic carbocycles. The smallest absolute Gasteiger partial charge is 0.308 e. The van der Waals surface area contributed by atoms with Crippen LogP contribution in [-0.2, 0) is 20.9 Å². The van der Waals surface area contributed by atoms with Crippen LogP contribution in [0.3, 0.4) is 0 Å². The van der Waals surface area contributed by atoms with Crippen LogP contribution < -0.4 is 24.6 Å². The average molecular weight is 688 g/mol. The molecule has 47 heavy (non-hydrogen) atoms. The van der Waals surface area contributed by atoms with Gasteiger partial charge in [0.1, 0.15) is 6.54 Å². The van der Waals surface area contributed by atoms with Crippen molar-refractivity contribution in [1.29, 1.82) is 0 Å². The topological polar surface area (TPSA) is 107 Å². The highest BCUT2D eigenvalue weighted by molar-refractivity contribution is 8.00. The number of carbonyl (C=O) groups excluding carboxylic acids is 3. The Hall–Kier alpha value is -4.06. The lowest BCUT2D eigenvalue weighted by atomic mass is 9.68. The molecule has 3 amide bonds. The van der Waals surface area contributed by atoms with Crippen LogP contribution in [0.15, 0.2) is 82.6 Å². The molecule has 3 fully saturated rings. The Kier molecular flexibility index (Phi) is 7.46. The van der Waals surface area contributed by atoms with Gasteiger partial charge in [-0.2, -0.15) is 0 Å². The number of fused-ring (bicyclic) bond motifs is 9. The highest BCUT2D eigenvalue weighted by atomic mass is 35.5. The van der Waals surface area contributed by atoms with Gasteiger partial charge in [0.2, 0.25) is 17.7 Å². The van der Waals surface area contributed by atoms with Gasteiger partial charge in [0.25, 0.3) is 0 Å². The van der Waals surface area contributed by atoms with E-state index >= 15 is 0 Å². The predicted octanol–water partition coefficient (Wildman–Crippen LogP) is 5.90. The number of nitrogens with one attached hydrogen (secondary N) is 1. The summed E-state index contributed by atoms with van der Waals surface area (Å²) in [6.45, 7) is -0.134. The molecular weight excluding hydrogens is 658 g/mol. The van der Waals surface area contributed by atoms with E-state index in [2.05, 4.69) is 5.32 Å². The fraction of sp³-hybridized carbons (Fsp3) is 0.314. The summed E-state index contributed by atoms with van der Waals surface area (Å²) in [6.07, 6.45) is 0.751. The van der Waals surface area contributed by atoms with E-state index in [1.165, 1.54) is 4.90 Å². The highest BCUT2D eigenvalue weighted by Crippen LogP contribution is 2.69. The van der Waals surface area contributed by atoms with E-state index in [0.717, 1.165) is 33.2 Å². The summed E-state index contributed by atoms with van der Waals surface area (Å²) in [5.74, 6) is -0.741. The number of thiazole rings is 1. The van der Waals surface area contributed by atoms with Crippen LogP contribution in [-0.4, -0.2) is 41.8 Å². The van der Waals surface area contributed by atoms with Crippen LogP contribution in [0, 0.1) is 29.6 Å². The van der Waals surface area contributed by atoms with Crippen LogP contribution in [0.25, 0.3) is 0 Å². The number of hydrogen-bond donors (Lipinski definition) is 1. The number of amides is 3. The lowest BCUT2D eigenvalue weighted by molar-refractivity contribution is -0.123. The normalized spacial score (nSPS) is 27.0. The minimum Gasteiger partial charge on any atom is -0.493 e. The molecule has 3 heterocycles. The predicted molar refractivity (Wildman–Crippen MR) is 181 cm³/mol. The molecule has 2 bridgehead atoms. The zero-order valence-electron chi connectivity index (χ0n) is 25.4. The van der Waals surface area contributed by atoms with Gasteiger partial charge in [0.15, 0.2) is 11.5 Å². The first-order chi connectivity index (χ1) is 22.8. The van der Waals surface area contributed by atoms with Crippen molar-refractivity contribution < 1.29 is 23.9 Å². The average Bonchev–Trinajstić information content (AvgIpc) is 3.80. The van der Waals surface area contributed by atoms with Gasteiger partial charge in [-0.25, -0.2) is 0 Å². The van der Waals surface area contributed by atoms with Crippen molar-refractivity contribution in [2.45, 2.75) is 29.2 Å². The number of nitrogens with zero attached hydrogens (tertiary/aromatic N) is 2. The maximum Gasteiger partial charge on any atom is 0.308 e. The number of carbonyl (C=O) groups is 3. The molecular formula is C35H30ClN3O6S2. The van der Waals surface area contributed by atoms with Crippen molar-refractivity contribution in [2.75, 3.05) is 24.4 Å². The van der Waals surface area contributed by atoms with Gasteiger partial charge >= 0.3 is 4.87 Å². The fourth-order valence-corrected chi connectivity index (χ4v) is 11.7. The lowest BCUT2D eigenvalue weighted by Gasteiger charge is -2.43. The quantitative estimate of drug-likeness (QED) is 0.241. The SMILES string of the molecule is COc1ccc(C2c3sc(=O)n(CC(=O)Nc4ccccc4)c3SC3C4CC(C5C(=O)N(c6ccc(Cl)cc6)C(=O)C45)C23)cc1OC. The van der Waals surface area contributed by atoms with E-state index in [1.54, 1.807) is 66.9 Å². The van der Waals surface area contributed by atoms with Crippen LogP contribution in [0.5, 0.6) is 11.5 Å². The third-order valence-electron chi connectivity index (χ3n) is 10.2. The number of halogens is 1. The van der Waals surface area contributed by atoms with Crippen molar-refractivity contribution in [2.24, 2.45) is 29.6 Å². The molecule has 0 spiro atoms. The van der Waals surface area contributed by atoms with E-state index in [-0.39, 0.29) is 58.1 Å². The summed E-state index contributed by atoms with van der Waals surface area (Å²) < 4.78 is 12.8.